The van der Waals surface area contributed by atoms with Gasteiger partial charge in [0.05, 0.1) is 7.11 Å². The third kappa shape index (κ3) is 2.97. The van der Waals surface area contributed by atoms with Crippen molar-refractivity contribution < 1.29 is 4.74 Å². The quantitative estimate of drug-likeness (QED) is 0.859. The smallest absolute Gasteiger partial charge is 0.213 e. The van der Waals surface area contributed by atoms with Gasteiger partial charge in [-0.05, 0) is 25.5 Å². The first-order chi connectivity index (χ1) is 8.19. The van der Waals surface area contributed by atoms with Crippen LogP contribution < -0.4 is 10.2 Å². The molecular weight excluding hydrogens is 214 g/mol. The molecule has 4 heteroatoms. The molecule has 1 aliphatic heterocycles. The van der Waals surface area contributed by atoms with Crippen LogP contribution in [0.3, 0.4) is 0 Å². The van der Waals surface area contributed by atoms with Gasteiger partial charge in [0.15, 0.2) is 0 Å². The van der Waals surface area contributed by atoms with Crippen molar-refractivity contribution in [3.8, 4) is 5.88 Å². The molecule has 0 amide bonds. The maximum atomic E-state index is 5.11. The van der Waals surface area contributed by atoms with E-state index in [4.69, 9.17) is 4.74 Å². The molecule has 0 spiro atoms. The largest absolute Gasteiger partial charge is 0.481 e. The number of hydrazine groups is 1. The van der Waals surface area contributed by atoms with E-state index in [0.717, 1.165) is 18.7 Å². The maximum absolute atomic E-state index is 5.11. The van der Waals surface area contributed by atoms with E-state index in [9.17, 15) is 0 Å². The summed E-state index contributed by atoms with van der Waals surface area (Å²) in [6.45, 7) is 5.22. The van der Waals surface area contributed by atoms with Crippen molar-refractivity contribution in [3.63, 3.8) is 0 Å². The second-order valence-electron chi connectivity index (χ2n) is 4.34. The number of methoxy groups -OCH3 is 1. The minimum absolute atomic E-state index is 0.438. The van der Waals surface area contributed by atoms with Crippen LogP contribution in [-0.4, -0.2) is 29.7 Å². The molecule has 1 aliphatic rings. The molecule has 1 unspecified atom stereocenters. The van der Waals surface area contributed by atoms with E-state index in [1.807, 2.05) is 18.2 Å². The Morgan fingerprint density at radius 1 is 1.47 bits per heavy atom. The summed E-state index contributed by atoms with van der Waals surface area (Å²) in [5, 5.41) is 2.13. The van der Waals surface area contributed by atoms with Crippen molar-refractivity contribution in [2.24, 2.45) is 0 Å². The molecule has 1 aromatic heterocycles. The van der Waals surface area contributed by atoms with Gasteiger partial charge in [0.2, 0.25) is 5.88 Å². The molecule has 0 fully saturated rings. The first kappa shape index (κ1) is 11.9. The van der Waals surface area contributed by atoms with Gasteiger partial charge in [-0.1, -0.05) is 6.07 Å². The summed E-state index contributed by atoms with van der Waals surface area (Å²) < 4.78 is 5.11. The number of nitrogens with one attached hydrogen (secondary N) is 1. The summed E-state index contributed by atoms with van der Waals surface area (Å²) in [4.78, 5) is 4.39. The van der Waals surface area contributed by atoms with Crippen LogP contribution in [0, 0.1) is 0 Å². The van der Waals surface area contributed by atoms with Crippen LogP contribution in [0.5, 0.6) is 5.88 Å². The SMILES string of the molecule is COc1cccc(CCN2C=C(C)C(C)N2)n1. The first-order valence-corrected chi connectivity index (χ1v) is 5.90. The Hall–Kier alpha value is -1.55. The third-order valence-electron chi connectivity index (χ3n) is 3.00. The van der Waals surface area contributed by atoms with Crippen molar-refractivity contribution in [1.82, 2.24) is 15.4 Å². The summed E-state index contributed by atoms with van der Waals surface area (Å²) in [6.07, 6.45) is 3.06. The standard InChI is InChI=1S/C13H19N3O/c1-10-9-16(15-11(10)2)8-7-12-5-4-6-13(14-12)17-3/h4-6,9,11,15H,7-8H2,1-3H3. The molecule has 0 aromatic carbocycles. The number of rotatable bonds is 4. The Morgan fingerprint density at radius 2 is 2.29 bits per heavy atom. The molecule has 0 bridgehead atoms. The Labute approximate surface area is 102 Å². The van der Waals surface area contributed by atoms with Crippen LogP contribution in [0.4, 0.5) is 0 Å². The summed E-state index contributed by atoms with van der Waals surface area (Å²) in [6, 6.07) is 6.30. The normalized spacial score (nSPS) is 19.4. The molecule has 0 aliphatic carbocycles. The van der Waals surface area contributed by atoms with Gasteiger partial charge in [0, 0.05) is 37.0 Å². The molecule has 1 aromatic rings. The fourth-order valence-corrected chi connectivity index (χ4v) is 1.82. The topological polar surface area (TPSA) is 37.4 Å². The molecule has 2 rings (SSSR count). The molecule has 0 saturated carbocycles. The van der Waals surface area contributed by atoms with Gasteiger partial charge in [0.25, 0.3) is 0 Å². The van der Waals surface area contributed by atoms with Crippen LogP contribution >= 0.6 is 0 Å². The first-order valence-electron chi connectivity index (χ1n) is 5.90. The van der Waals surface area contributed by atoms with Gasteiger partial charge in [-0.15, -0.1) is 0 Å². The van der Waals surface area contributed by atoms with Crippen LogP contribution in [0.1, 0.15) is 19.5 Å². The van der Waals surface area contributed by atoms with Gasteiger partial charge < -0.3 is 9.75 Å². The van der Waals surface area contributed by atoms with Crippen molar-refractivity contribution in [1.29, 1.82) is 0 Å². The lowest BCUT2D eigenvalue weighted by Gasteiger charge is -2.17. The van der Waals surface area contributed by atoms with E-state index in [1.165, 1.54) is 5.57 Å². The fourth-order valence-electron chi connectivity index (χ4n) is 1.82. The Bertz CT molecular complexity index is 417. The predicted molar refractivity (Wildman–Crippen MR) is 67.6 cm³/mol. The third-order valence-corrected chi connectivity index (χ3v) is 3.00. The average molecular weight is 233 g/mol. The monoisotopic (exact) mass is 233 g/mol. The van der Waals surface area contributed by atoms with E-state index in [0.29, 0.717) is 11.9 Å². The van der Waals surface area contributed by atoms with E-state index in [2.05, 4.69) is 35.5 Å². The lowest BCUT2D eigenvalue weighted by molar-refractivity contribution is 0.281. The van der Waals surface area contributed by atoms with Gasteiger partial charge in [-0.3, -0.25) is 0 Å². The van der Waals surface area contributed by atoms with Crippen LogP contribution in [0.15, 0.2) is 30.0 Å². The highest BCUT2D eigenvalue weighted by Gasteiger charge is 2.15. The van der Waals surface area contributed by atoms with E-state index in [1.54, 1.807) is 7.11 Å². The summed E-state index contributed by atoms with van der Waals surface area (Å²) in [5.74, 6) is 0.678. The molecule has 1 atom stereocenters. The lowest BCUT2D eigenvalue weighted by atomic mass is 10.2. The number of pyridine rings is 1. The second kappa shape index (κ2) is 5.19. The maximum Gasteiger partial charge on any atom is 0.213 e. The van der Waals surface area contributed by atoms with E-state index >= 15 is 0 Å². The zero-order valence-electron chi connectivity index (χ0n) is 10.6. The van der Waals surface area contributed by atoms with Gasteiger partial charge in [-0.2, -0.15) is 0 Å². The molecule has 2 heterocycles. The number of nitrogens with zero attached hydrogens (tertiary/aromatic N) is 2. The van der Waals surface area contributed by atoms with Crippen LogP contribution in [-0.2, 0) is 6.42 Å². The molecule has 1 N–H and O–H groups in total. The lowest BCUT2D eigenvalue weighted by Crippen LogP contribution is -2.35. The van der Waals surface area contributed by atoms with Crippen molar-refractivity contribution in [3.05, 3.63) is 35.7 Å². The molecule has 0 radical (unpaired) electrons. The summed E-state index contributed by atoms with van der Waals surface area (Å²) >= 11 is 0. The molecule has 4 nitrogen and oxygen atoms in total. The Kier molecular flexibility index (Phi) is 3.64. The summed E-state index contributed by atoms with van der Waals surface area (Å²) in [5.41, 5.74) is 5.80. The van der Waals surface area contributed by atoms with Crippen LogP contribution in [0.25, 0.3) is 0 Å². The number of ether oxygens (including phenoxy) is 1. The number of hydrogen-bond acceptors (Lipinski definition) is 4. The van der Waals surface area contributed by atoms with E-state index < -0.39 is 0 Å². The zero-order chi connectivity index (χ0) is 12.3. The second-order valence-corrected chi connectivity index (χ2v) is 4.34. The van der Waals surface area contributed by atoms with Crippen molar-refractivity contribution >= 4 is 0 Å². The van der Waals surface area contributed by atoms with Gasteiger partial charge in [-0.25, -0.2) is 10.4 Å². The molecule has 92 valence electrons. The number of aromatic nitrogens is 1. The van der Waals surface area contributed by atoms with Crippen LogP contribution in [0.2, 0.25) is 0 Å². The Morgan fingerprint density at radius 3 is 2.94 bits per heavy atom. The predicted octanol–water partition coefficient (Wildman–Crippen LogP) is 1.75. The molecule has 17 heavy (non-hydrogen) atoms. The Balaban J connectivity index is 1.90. The minimum Gasteiger partial charge on any atom is -0.481 e. The number of hydrogen-bond donors (Lipinski definition) is 1. The highest BCUT2D eigenvalue weighted by Crippen LogP contribution is 2.12. The van der Waals surface area contributed by atoms with E-state index in [-0.39, 0.29) is 0 Å². The summed E-state index contributed by atoms with van der Waals surface area (Å²) in [7, 11) is 1.64. The minimum atomic E-state index is 0.438. The zero-order valence-corrected chi connectivity index (χ0v) is 10.6. The van der Waals surface area contributed by atoms with Crippen molar-refractivity contribution in [2.75, 3.05) is 13.7 Å². The van der Waals surface area contributed by atoms with Gasteiger partial charge in [0.1, 0.15) is 0 Å². The average Bonchev–Trinajstić information content (AvgIpc) is 2.67. The molecular formula is C13H19N3O. The van der Waals surface area contributed by atoms with Gasteiger partial charge >= 0.3 is 0 Å². The highest BCUT2D eigenvalue weighted by atomic mass is 16.5. The molecule has 0 saturated heterocycles. The highest BCUT2D eigenvalue weighted by molar-refractivity contribution is 5.16. The fraction of sp³-hybridized carbons (Fsp3) is 0.462. The van der Waals surface area contributed by atoms with Crippen molar-refractivity contribution in [2.45, 2.75) is 26.3 Å².